The highest BCUT2D eigenvalue weighted by molar-refractivity contribution is 5.15. The zero-order valence-corrected chi connectivity index (χ0v) is 61.0. The predicted octanol–water partition coefficient (Wildman–Crippen LogP) is 11.8. The minimum absolute atomic E-state index is 0.633. The molecule has 0 radical (unpaired) electrons. The normalized spacial score (nSPS) is 20.3. The summed E-state index contributed by atoms with van der Waals surface area (Å²) in [6, 6.07) is 21.3. The number of unbranched alkanes of at least 4 members (excludes halogenated alkanes) is 22. The molecular formula is C78H142N6O12. The van der Waals surface area contributed by atoms with Gasteiger partial charge in [0.15, 0.2) is 0 Å². The van der Waals surface area contributed by atoms with Gasteiger partial charge < -0.3 is 56.8 Å². The Labute approximate surface area is 585 Å². The first-order chi connectivity index (χ1) is 47.8. The maximum atomic E-state index is 6.07. The molecule has 0 bridgehead atoms. The zero-order chi connectivity index (χ0) is 66.8. The van der Waals surface area contributed by atoms with E-state index in [0.29, 0.717) is 106 Å². The van der Waals surface area contributed by atoms with E-state index >= 15 is 0 Å². The Morgan fingerprint density at radius 1 is 0.167 bits per heavy atom. The van der Waals surface area contributed by atoms with Crippen molar-refractivity contribution in [2.24, 2.45) is 0 Å². The Balaban J connectivity index is 0.768. The van der Waals surface area contributed by atoms with Crippen LogP contribution in [0.3, 0.4) is 0 Å². The van der Waals surface area contributed by atoms with Crippen LogP contribution in [-0.4, -0.2) is 293 Å². The lowest BCUT2D eigenvalue weighted by Gasteiger charge is -2.23. The minimum atomic E-state index is 0.633. The highest BCUT2D eigenvalue weighted by Gasteiger charge is 2.14. The smallest absolute Gasteiger partial charge is 0.0701 e. The lowest BCUT2D eigenvalue weighted by Crippen LogP contribution is -2.34. The second kappa shape index (κ2) is 64.8. The van der Waals surface area contributed by atoms with E-state index in [1.165, 1.54) is 165 Å². The first kappa shape index (κ1) is 84.4. The van der Waals surface area contributed by atoms with Crippen molar-refractivity contribution in [3.8, 4) is 0 Å². The van der Waals surface area contributed by atoms with E-state index in [0.717, 1.165) is 171 Å². The summed E-state index contributed by atoms with van der Waals surface area (Å²) in [6.45, 7) is 33.6. The summed E-state index contributed by atoms with van der Waals surface area (Å²) in [5.41, 5.74) is 2.62. The molecule has 0 aromatic heterocycles. The Hall–Kier alpha value is -2.28. The van der Waals surface area contributed by atoms with Crippen molar-refractivity contribution < 1.29 is 56.8 Å². The van der Waals surface area contributed by atoms with E-state index in [1.807, 2.05) is 0 Å². The number of ether oxygens (including phenoxy) is 12. The van der Waals surface area contributed by atoms with Gasteiger partial charge in [0.25, 0.3) is 0 Å². The lowest BCUT2D eigenvalue weighted by molar-refractivity contribution is 0.00699. The molecule has 0 atom stereocenters. The molecule has 3 fully saturated rings. The Morgan fingerprint density at radius 2 is 0.312 bits per heavy atom. The highest BCUT2D eigenvalue weighted by Crippen LogP contribution is 2.16. The molecule has 18 heteroatoms. The second-order valence-corrected chi connectivity index (χ2v) is 26.7. The monoisotopic (exact) mass is 1360 g/mol. The van der Waals surface area contributed by atoms with Crippen LogP contribution in [-0.2, 0) is 69.9 Å². The van der Waals surface area contributed by atoms with Crippen LogP contribution in [0, 0.1) is 0 Å². The van der Waals surface area contributed by atoms with Crippen molar-refractivity contribution in [1.82, 2.24) is 29.4 Å². The molecule has 0 saturated carbocycles. The third-order valence-corrected chi connectivity index (χ3v) is 18.7. The molecule has 96 heavy (non-hydrogen) atoms. The third kappa shape index (κ3) is 51.0. The van der Waals surface area contributed by atoms with Crippen molar-refractivity contribution >= 4 is 0 Å². The molecule has 0 spiro atoms. The van der Waals surface area contributed by atoms with Gasteiger partial charge in [0.2, 0.25) is 0 Å². The van der Waals surface area contributed by atoms with Gasteiger partial charge in [-0.3, -0.25) is 29.4 Å². The summed E-state index contributed by atoms with van der Waals surface area (Å²) < 4.78 is 72.1. The van der Waals surface area contributed by atoms with Crippen LogP contribution in [0.2, 0.25) is 0 Å². The van der Waals surface area contributed by atoms with Gasteiger partial charge in [0, 0.05) is 91.6 Å². The first-order valence-electron chi connectivity index (χ1n) is 39.1. The van der Waals surface area contributed by atoms with Gasteiger partial charge in [0.1, 0.15) is 0 Å². The topological polar surface area (TPSA) is 130 Å². The number of nitrogens with zero attached hydrogens (tertiary/aromatic N) is 6. The van der Waals surface area contributed by atoms with Gasteiger partial charge in [-0.25, -0.2) is 0 Å². The van der Waals surface area contributed by atoms with Crippen LogP contribution in [0.15, 0.2) is 60.7 Å². The molecule has 18 nitrogen and oxygen atoms in total. The van der Waals surface area contributed by atoms with Crippen molar-refractivity contribution in [2.75, 3.05) is 263 Å². The van der Waals surface area contributed by atoms with Crippen molar-refractivity contribution in [2.45, 2.75) is 167 Å². The number of rotatable bonds is 34. The maximum absolute atomic E-state index is 6.07. The molecular weight excluding hydrogens is 1210 g/mol. The number of hydrogen-bond donors (Lipinski definition) is 0. The van der Waals surface area contributed by atoms with Gasteiger partial charge in [-0.15, -0.1) is 0 Å². The first-order valence-corrected chi connectivity index (χ1v) is 39.1. The summed E-state index contributed by atoms with van der Waals surface area (Å²) in [5, 5.41) is 0. The summed E-state index contributed by atoms with van der Waals surface area (Å²) in [6.07, 6.45) is 31.8. The van der Waals surface area contributed by atoms with E-state index in [4.69, 9.17) is 56.8 Å². The van der Waals surface area contributed by atoms with E-state index in [1.54, 1.807) is 0 Å². The van der Waals surface area contributed by atoms with Crippen molar-refractivity contribution in [1.29, 1.82) is 0 Å². The molecule has 3 saturated heterocycles. The van der Waals surface area contributed by atoms with Crippen molar-refractivity contribution in [3.63, 3.8) is 0 Å². The quantitative estimate of drug-likeness (QED) is 0.0615. The summed E-state index contributed by atoms with van der Waals surface area (Å²) in [4.78, 5) is 14.9. The molecule has 0 N–H and O–H groups in total. The van der Waals surface area contributed by atoms with E-state index in [2.05, 4.69) is 90.1 Å². The third-order valence-electron chi connectivity index (χ3n) is 18.7. The number of hydrogen-bond acceptors (Lipinski definition) is 18. The Kier molecular flexibility index (Phi) is 56.9. The summed E-state index contributed by atoms with van der Waals surface area (Å²) in [5.74, 6) is 0. The standard InChI is InChI=1S/C78H142N6O12/c1(3-7-11-15-19-29-37-81-43-55-89-67-71-93-59-47-83(75-77-31-23-21-24-32-77)48-60-94-72-68-90-56-44-81)5-9-13-17-27-35-79-39-51-85-63-65-87-53-41-80(42-54-88-66-64-86-52-40-79)36-28-18-14-10-6-2-4-8-12-16-20-30-38-82-45-57-91-69-73-95-61-49-84(76-78-33-25-22-26-34-78)50-62-96-74-70-92-58-46-82/h21-26,31-34H,1-20,27-30,35-76H2. The molecule has 2 aromatic rings. The minimum Gasteiger partial charge on any atom is -0.378 e. The molecule has 0 aliphatic carbocycles. The van der Waals surface area contributed by atoms with Crippen LogP contribution in [0.4, 0.5) is 0 Å². The fraction of sp³-hybridized carbons (Fsp3) is 0.846. The Morgan fingerprint density at radius 3 is 0.479 bits per heavy atom. The molecule has 5 rings (SSSR count). The Bertz CT molecular complexity index is 1720. The average molecular weight is 1360 g/mol. The van der Waals surface area contributed by atoms with Crippen LogP contribution in [0.5, 0.6) is 0 Å². The van der Waals surface area contributed by atoms with Crippen LogP contribution in [0.1, 0.15) is 165 Å². The number of benzene rings is 2. The fourth-order valence-electron chi connectivity index (χ4n) is 12.7. The van der Waals surface area contributed by atoms with E-state index < -0.39 is 0 Å². The van der Waals surface area contributed by atoms with Crippen LogP contribution >= 0.6 is 0 Å². The molecule has 3 aliphatic heterocycles. The van der Waals surface area contributed by atoms with E-state index in [-0.39, 0.29) is 0 Å². The predicted molar refractivity (Wildman–Crippen MR) is 390 cm³/mol. The van der Waals surface area contributed by atoms with Crippen molar-refractivity contribution in [3.05, 3.63) is 71.8 Å². The molecule has 3 aliphatic rings. The molecule has 0 amide bonds. The largest absolute Gasteiger partial charge is 0.378 e. The highest BCUT2D eigenvalue weighted by atomic mass is 16.5. The zero-order valence-electron chi connectivity index (χ0n) is 61.0. The SMILES string of the molecule is c1ccc(CN2CCOCCOCCN(CCCCCCCCCCCCCCN3CCOCCOCCN(CCCCCCCCCCCCCCN4CCOCCOCCN(Cc5ccccc5)CCOCCOCC4)CCOCCOCC3)CCOCCOCC2)cc1. The van der Waals surface area contributed by atoms with Gasteiger partial charge in [-0.1, -0.05) is 189 Å². The fourth-order valence-corrected chi connectivity index (χ4v) is 12.7. The summed E-state index contributed by atoms with van der Waals surface area (Å²) in [7, 11) is 0. The second-order valence-electron chi connectivity index (χ2n) is 26.7. The maximum Gasteiger partial charge on any atom is 0.0701 e. The lowest BCUT2D eigenvalue weighted by atomic mass is 10.0. The van der Waals surface area contributed by atoms with Gasteiger partial charge in [-0.2, -0.15) is 0 Å². The average Bonchev–Trinajstić information content (AvgIpc) is 3.50. The molecule has 3 heterocycles. The molecule has 0 unspecified atom stereocenters. The molecule has 2 aromatic carbocycles. The summed E-state index contributed by atoms with van der Waals surface area (Å²) >= 11 is 0. The molecule has 556 valence electrons. The van der Waals surface area contributed by atoms with Crippen LogP contribution < -0.4 is 0 Å². The van der Waals surface area contributed by atoms with Crippen LogP contribution in [0.25, 0.3) is 0 Å². The van der Waals surface area contributed by atoms with Gasteiger partial charge in [-0.05, 0) is 63.0 Å². The van der Waals surface area contributed by atoms with Gasteiger partial charge >= 0.3 is 0 Å². The van der Waals surface area contributed by atoms with E-state index in [9.17, 15) is 0 Å². The van der Waals surface area contributed by atoms with Gasteiger partial charge in [0.05, 0.1) is 159 Å².